The number of nitrogens with zero attached hydrogens (tertiary/aromatic N) is 7. The van der Waals surface area contributed by atoms with Crippen molar-refractivity contribution in [3.05, 3.63) is 112 Å². The van der Waals surface area contributed by atoms with Crippen LogP contribution in [0.2, 0.25) is 0 Å². The Hall–Kier alpha value is -5.58. The number of amides is 1. The molecule has 1 saturated heterocycles. The summed E-state index contributed by atoms with van der Waals surface area (Å²) >= 11 is 0. The first-order valence-electron chi connectivity index (χ1n) is 15.5. The maximum absolute atomic E-state index is 14.0. The second kappa shape index (κ2) is 12.4. The zero-order valence-corrected chi connectivity index (χ0v) is 25.8. The molecule has 7 rings (SSSR count). The van der Waals surface area contributed by atoms with Gasteiger partial charge < -0.3 is 13.9 Å². The number of aromatic amines is 1. The molecular formula is C35H34N8O3. The number of rotatable bonds is 10. The van der Waals surface area contributed by atoms with Crippen molar-refractivity contribution in [1.29, 1.82) is 0 Å². The molecule has 11 heteroatoms. The number of fused-ring (bicyclic) bond motifs is 1. The van der Waals surface area contributed by atoms with Gasteiger partial charge in [0, 0.05) is 30.4 Å². The van der Waals surface area contributed by atoms with Gasteiger partial charge in [-0.05, 0) is 64.2 Å². The van der Waals surface area contributed by atoms with Crippen molar-refractivity contribution in [3.8, 4) is 22.5 Å². The van der Waals surface area contributed by atoms with Crippen LogP contribution in [-0.2, 0) is 24.2 Å². The van der Waals surface area contributed by atoms with Gasteiger partial charge in [0.2, 0.25) is 0 Å². The molecule has 1 aliphatic heterocycles. The van der Waals surface area contributed by atoms with Crippen molar-refractivity contribution in [1.82, 2.24) is 34.7 Å². The fourth-order valence-electron chi connectivity index (χ4n) is 6.09. The number of carbonyl (C=O) groups excluding carboxylic acids is 1. The number of anilines is 1. The van der Waals surface area contributed by atoms with Gasteiger partial charge in [0.15, 0.2) is 5.82 Å². The highest BCUT2D eigenvalue weighted by Gasteiger charge is 2.33. The normalized spacial score (nSPS) is 14.7. The van der Waals surface area contributed by atoms with Crippen LogP contribution in [0.3, 0.4) is 0 Å². The second-order valence-corrected chi connectivity index (χ2v) is 11.7. The van der Waals surface area contributed by atoms with Gasteiger partial charge in [0.25, 0.3) is 5.56 Å². The van der Waals surface area contributed by atoms with E-state index in [9.17, 15) is 9.59 Å². The number of H-pyrrole nitrogens is 1. The first-order valence-corrected chi connectivity index (χ1v) is 15.5. The molecule has 3 aromatic carbocycles. The third kappa shape index (κ3) is 5.67. The summed E-state index contributed by atoms with van der Waals surface area (Å²) < 4.78 is 9.38. The summed E-state index contributed by atoms with van der Waals surface area (Å²) in [4.78, 5) is 33.3. The molecule has 1 unspecified atom stereocenters. The fraction of sp³-hybridized carbons (Fsp3) is 0.257. The first-order chi connectivity index (χ1) is 22.5. The summed E-state index contributed by atoms with van der Waals surface area (Å²) in [5.74, 6) is 1.49. The SMILES string of the molecule is CCCCc1nc2ccn(CC3CN(c4cccc(C)c4)C(=O)O3)c(=O)c2n1Cc1ccc(-c2ccccc2-c2nnn[nH]2)cc1. The molecule has 0 radical (unpaired) electrons. The summed E-state index contributed by atoms with van der Waals surface area (Å²) in [6, 6.07) is 25.9. The van der Waals surface area contributed by atoms with Crippen LogP contribution in [0.4, 0.5) is 10.5 Å². The molecule has 6 aromatic rings. The summed E-state index contributed by atoms with van der Waals surface area (Å²) in [5, 5.41) is 14.4. The molecule has 1 atom stereocenters. The fourth-order valence-corrected chi connectivity index (χ4v) is 6.09. The van der Waals surface area contributed by atoms with Gasteiger partial charge in [0.05, 0.1) is 18.6 Å². The number of aromatic nitrogens is 7. The number of unbranched alkanes of at least 4 members (excludes halogenated alkanes) is 1. The van der Waals surface area contributed by atoms with Crippen LogP contribution in [0.15, 0.2) is 89.9 Å². The van der Waals surface area contributed by atoms with Crippen molar-refractivity contribution >= 4 is 22.8 Å². The van der Waals surface area contributed by atoms with Crippen LogP contribution < -0.4 is 10.5 Å². The number of carbonyl (C=O) groups is 1. The zero-order chi connectivity index (χ0) is 31.6. The number of nitrogens with one attached hydrogen (secondary N) is 1. The standard InChI is InChI=1S/C35H34N8O3/c1-3-4-12-31-36-30-17-18-41(21-27-22-42(35(45)46-27)26-9-7-8-23(2)19-26)34(44)32(30)43(31)20-24-13-15-25(16-14-24)28-10-5-6-11-29(28)33-37-39-40-38-33/h5-11,13-19,27H,3-4,12,20-22H2,1-2H3,(H,37,38,39,40). The Balaban J connectivity index is 1.17. The Kier molecular flexibility index (Phi) is 7.88. The lowest BCUT2D eigenvalue weighted by Gasteiger charge is -2.14. The maximum Gasteiger partial charge on any atom is 0.414 e. The Morgan fingerprint density at radius 3 is 2.57 bits per heavy atom. The minimum atomic E-state index is -0.456. The van der Waals surface area contributed by atoms with Crippen LogP contribution in [0, 0.1) is 6.92 Å². The third-order valence-corrected chi connectivity index (χ3v) is 8.42. The van der Waals surface area contributed by atoms with Crippen molar-refractivity contribution in [2.45, 2.75) is 52.3 Å². The van der Waals surface area contributed by atoms with E-state index in [-0.39, 0.29) is 12.1 Å². The van der Waals surface area contributed by atoms with E-state index >= 15 is 0 Å². The van der Waals surface area contributed by atoms with Crippen LogP contribution in [0.5, 0.6) is 0 Å². The second-order valence-electron chi connectivity index (χ2n) is 11.7. The molecule has 0 spiro atoms. The number of benzene rings is 3. The van der Waals surface area contributed by atoms with E-state index in [4.69, 9.17) is 9.72 Å². The summed E-state index contributed by atoms with van der Waals surface area (Å²) in [6.45, 7) is 5.26. The molecule has 4 heterocycles. The Morgan fingerprint density at radius 1 is 0.978 bits per heavy atom. The number of hydrogen-bond donors (Lipinski definition) is 1. The number of imidazole rings is 1. The highest BCUT2D eigenvalue weighted by Crippen LogP contribution is 2.30. The molecule has 0 bridgehead atoms. The van der Waals surface area contributed by atoms with Crippen molar-refractivity contribution in [2.24, 2.45) is 0 Å². The molecule has 1 N–H and O–H groups in total. The molecule has 0 saturated carbocycles. The lowest BCUT2D eigenvalue weighted by atomic mass is 9.98. The van der Waals surface area contributed by atoms with Gasteiger partial charge in [-0.2, -0.15) is 0 Å². The summed E-state index contributed by atoms with van der Waals surface area (Å²) in [7, 11) is 0. The van der Waals surface area contributed by atoms with Crippen molar-refractivity contribution in [3.63, 3.8) is 0 Å². The molecule has 1 fully saturated rings. The van der Waals surface area contributed by atoms with Crippen LogP contribution in [0.25, 0.3) is 33.5 Å². The molecule has 0 aliphatic carbocycles. The largest absolute Gasteiger partial charge is 0.442 e. The van der Waals surface area contributed by atoms with Crippen molar-refractivity contribution < 1.29 is 9.53 Å². The predicted molar refractivity (Wildman–Crippen MR) is 176 cm³/mol. The maximum atomic E-state index is 14.0. The predicted octanol–water partition coefficient (Wildman–Crippen LogP) is 5.77. The van der Waals surface area contributed by atoms with Gasteiger partial charge in [-0.15, -0.1) is 5.10 Å². The molecule has 1 amide bonds. The minimum Gasteiger partial charge on any atom is -0.442 e. The van der Waals surface area contributed by atoms with Crippen molar-refractivity contribution in [2.75, 3.05) is 11.4 Å². The molecule has 46 heavy (non-hydrogen) atoms. The quantitative estimate of drug-likeness (QED) is 0.208. The van der Waals surface area contributed by atoms with Crippen LogP contribution in [0.1, 0.15) is 36.7 Å². The number of pyridine rings is 1. The highest BCUT2D eigenvalue weighted by molar-refractivity contribution is 5.89. The minimum absolute atomic E-state index is 0.149. The number of hydrogen-bond acceptors (Lipinski definition) is 7. The van der Waals surface area contributed by atoms with E-state index in [0.29, 0.717) is 29.9 Å². The molecular weight excluding hydrogens is 580 g/mol. The van der Waals surface area contributed by atoms with E-state index in [1.165, 1.54) is 0 Å². The van der Waals surface area contributed by atoms with Gasteiger partial charge in [-0.3, -0.25) is 9.69 Å². The first kappa shape index (κ1) is 29.1. The van der Waals surface area contributed by atoms with Crippen LogP contribution >= 0.6 is 0 Å². The lowest BCUT2D eigenvalue weighted by molar-refractivity contribution is 0.131. The Bertz CT molecular complexity index is 2060. The number of cyclic esters (lactones) is 1. The van der Waals surface area contributed by atoms with E-state index in [0.717, 1.165) is 58.6 Å². The van der Waals surface area contributed by atoms with Gasteiger partial charge in [-0.25, -0.2) is 14.9 Å². The lowest BCUT2D eigenvalue weighted by Crippen LogP contribution is -2.30. The van der Waals surface area contributed by atoms with E-state index in [1.807, 2.05) is 66.1 Å². The average Bonchev–Trinajstić information content (AvgIpc) is 3.82. The van der Waals surface area contributed by atoms with E-state index in [2.05, 4.69) is 51.8 Å². The number of tetrazole rings is 1. The summed E-state index contributed by atoms with van der Waals surface area (Å²) in [5.41, 5.74) is 6.94. The number of ether oxygens (including phenoxy) is 1. The zero-order valence-electron chi connectivity index (χ0n) is 25.8. The highest BCUT2D eigenvalue weighted by atomic mass is 16.6. The molecule has 1 aliphatic rings. The third-order valence-electron chi connectivity index (χ3n) is 8.42. The van der Waals surface area contributed by atoms with E-state index < -0.39 is 12.2 Å². The average molecular weight is 615 g/mol. The Morgan fingerprint density at radius 2 is 1.80 bits per heavy atom. The summed E-state index contributed by atoms with van der Waals surface area (Å²) in [6.07, 6.45) is 3.66. The molecule has 232 valence electrons. The number of aryl methyl sites for hydroxylation is 2. The topological polar surface area (TPSA) is 124 Å². The van der Waals surface area contributed by atoms with Gasteiger partial charge in [-0.1, -0.05) is 74.0 Å². The Labute approximate surface area is 265 Å². The molecule has 11 nitrogen and oxygen atoms in total. The van der Waals surface area contributed by atoms with Gasteiger partial charge >= 0.3 is 6.09 Å². The molecule has 3 aromatic heterocycles. The monoisotopic (exact) mass is 614 g/mol. The van der Waals surface area contributed by atoms with Gasteiger partial charge in [0.1, 0.15) is 17.4 Å². The van der Waals surface area contributed by atoms with Crippen LogP contribution in [-0.4, -0.2) is 53.5 Å². The van der Waals surface area contributed by atoms with E-state index in [1.54, 1.807) is 15.7 Å². The smallest absolute Gasteiger partial charge is 0.414 e.